The summed E-state index contributed by atoms with van der Waals surface area (Å²) >= 11 is 0. The molecule has 0 spiro atoms. The van der Waals surface area contributed by atoms with Crippen LogP contribution in [0.2, 0.25) is 0 Å². The molecule has 2 aromatic carbocycles. The van der Waals surface area contributed by atoms with Gasteiger partial charge in [0.15, 0.2) is 5.65 Å². The summed E-state index contributed by atoms with van der Waals surface area (Å²) in [6.45, 7) is 5.12. The lowest BCUT2D eigenvalue weighted by Crippen LogP contribution is -2.39. The highest BCUT2D eigenvalue weighted by molar-refractivity contribution is 5.94. The second kappa shape index (κ2) is 10.2. The number of carbonyl (C=O) groups excluding carboxylic acids is 1. The third-order valence-electron chi connectivity index (χ3n) is 6.65. The van der Waals surface area contributed by atoms with Gasteiger partial charge in [0, 0.05) is 36.3 Å². The number of aromatic nitrogens is 3. The highest BCUT2D eigenvalue weighted by Crippen LogP contribution is 2.24. The number of benzene rings is 2. The predicted molar refractivity (Wildman–Crippen MR) is 136 cm³/mol. The minimum absolute atomic E-state index is 0.126. The number of hydrogen-bond donors (Lipinski definition) is 1. The second-order valence-electron chi connectivity index (χ2n) is 9.05. The molecule has 0 radical (unpaired) electrons. The molecule has 2 aromatic heterocycles. The molecule has 0 bridgehead atoms. The molecule has 1 amide bonds. The lowest BCUT2D eigenvalue weighted by atomic mass is 10.0. The molecular formula is C28H31N5O. The third kappa shape index (κ3) is 4.87. The number of nitrogens with zero attached hydrogens (tertiary/aromatic N) is 4. The quantitative estimate of drug-likeness (QED) is 0.398. The molecule has 1 aliphatic rings. The number of amides is 1. The van der Waals surface area contributed by atoms with Gasteiger partial charge in [0.2, 0.25) is 0 Å². The number of hydrogen-bond acceptors (Lipinski definition) is 4. The number of rotatable bonds is 7. The summed E-state index contributed by atoms with van der Waals surface area (Å²) < 4.78 is 1.66. The third-order valence-corrected chi connectivity index (χ3v) is 6.65. The lowest BCUT2D eigenvalue weighted by Gasteiger charge is -2.33. The molecule has 34 heavy (non-hydrogen) atoms. The first-order valence-electron chi connectivity index (χ1n) is 12.2. The zero-order valence-corrected chi connectivity index (χ0v) is 19.7. The molecule has 0 saturated carbocycles. The molecule has 1 N–H and O–H groups in total. The summed E-state index contributed by atoms with van der Waals surface area (Å²) in [5, 5.41) is 7.85. The van der Waals surface area contributed by atoms with Crippen LogP contribution < -0.4 is 5.32 Å². The van der Waals surface area contributed by atoms with E-state index in [1.807, 2.05) is 72.8 Å². The van der Waals surface area contributed by atoms with Gasteiger partial charge < -0.3 is 10.2 Å². The van der Waals surface area contributed by atoms with E-state index in [1.54, 1.807) is 4.52 Å². The standard InChI is InChI=1S/C28H31N5O/c1-21-11-8-9-17-32(21)18-10-16-29-28(34)26-19-24(22-12-4-2-5-13-22)30-27-20-25(31-33(26)27)23-14-6-3-7-15-23/h2-7,12-15,19-21H,8-11,16-18H2,1H3,(H,29,34)/t21-/m0/s1. The fourth-order valence-electron chi connectivity index (χ4n) is 4.71. The van der Waals surface area contributed by atoms with Crippen LogP contribution in [0, 0.1) is 0 Å². The summed E-state index contributed by atoms with van der Waals surface area (Å²) in [6.07, 6.45) is 4.80. The Bertz CT molecular complexity index is 1250. The summed E-state index contributed by atoms with van der Waals surface area (Å²) in [5.74, 6) is -0.126. The van der Waals surface area contributed by atoms with Crippen LogP contribution in [-0.4, -0.2) is 51.1 Å². The highest BCUT2D eigenvalue weighted by atomic mass is 16.2. The van der Waals surface area contributed by atoms with Crippen LogP contribution in [0.4, 0.5) is 0 Å². The number of piperidine rings is 1. The van der Waals surface area contributed by atoms with Crippen molar-refractivity contribution in [3.8, 4) is 22.5 Å². The van der Waals surface area contributed by atoms with Gasteiger partial charge in [-0.15, -0.1) is 0 Å². The van der Waals surface area contributed by atoms with Crippen molar-refractivity contribution in [2.24, 2.45) is 0 Å². The van der Waals surface area contributed by atoms with Gasteiger partial charge in [-0.2, -0.15) is 5.10 Å². The van der Waals surface area contributed by atoms with Crippen LogP contribution in [0.25, 0.3) is 28.2 Å². The molecule has 4 aromatic rings. The molecule has 174 valence electrons. The van der Waals surface area contributed by atoms with Crippen LogP contribution in [-0.2, 0) is 0 Å². The summed E-state index contributed by atoms with van der Waals surface area (Å²) in [4.78, 5) is 20.6. The summed E-state index contributed by atoms with van der Waals surface area (Å²) in [6, 6.07) is 24.4. The maximum Gasteiger partial charge on any atom is 0.270 e. The van der Waals surface area contributed by atoms with E-state index >= 15 is 0 Å². The average Bonchev–Trinajstić information content (AvgIpc) is 3.32. The van der Waals surface area contributed by atoms with Crippen molar-refractivity contribution in [1.29, 1.82) is 0 Å². The van der Waals surface area contributed by atoms with Crippen molar-refractivity contribution >= 4 is 11.6 Å². The van der Waals surface area contributed by atoms with E-state index in [0.29, 0.717) is 23.9 Å². The van der Waals surface area contributed by atoms with Crippen molar-refractivity contribution in [2.45, 2.75) is 38.6 Å². The van der Waals surface area contributed by atoms with Gasteiger partial charge in [-0.3, -0.25) is 4.79 Å². The van der Waals surface area contributed by atoms with E-state index in [-0.39, 0.29) is 5.91 Å². The highest BCUT2D eigenvalue weighted by Gasteiger charge is 2.19. The molecular weight excluding hydrogens is 422 g/mol. The fourth-order valence-corrected chi connectivity index (χ4v) is 4.71. The Hall–Kier alpha value is -3.51. The molecule has 1 atom stereocenters. The van der Waals surface area contributed by atoms with Crippen molar-refractivity contribution in [3.63, 3.8) is 0 Å². The largest absolute Gasteiger partial charge is 0.351 e. The molecule has 3 heterocycles. The van der Waals surface area contributed by atoms with Crippen LogP contribution >= 0.6 is 0 Å². The zero-order valence-electron chi connectivity index (χ0n) is 19.7. The van der Waals surface area contributed by atoms with E-state index in [9.17, 15) is 4.79 Å². The predicted octanol–water partition coefficient (Wildman–Crippen LogP) is 5.06. The van der Waals surface area contributed by atoms with Crippen molar-refractivity contribution in [1.82, 2.24) is 24.8 Å². The molecule has 0 unspecified atom stereocenters. The molecule has 1 aliphatic heterocycles. The molecule has 0 aliphatic carbocycles. The Kier molecular flexibility index (Phi) is 6.67. The van der Waals surface area contributed by atoms with E-state index in [0.717, 1.165) is 42.0 Å². The van der Waals surface area contributed by atoms with Gasteiger partial charge >= 0.3 is 0 Å². The van der Waals surface area contributed by atoms with Crippen molar-refractivity contribution < 1.29 is 4.79 Å². The topological polar surface area (TPSA) is 62.5 Å². The van der Waals surface area contributed by atoms with Crippen molar-refractivity contribution in [2.75, 3.05) is 19.6 Å². The first kappa shape index (κ1) is 22.3. The normalized spacial score (nSPS) is 16.6. The van der Waals surface area contributed by atoms with Gasteiger partial charge in [-0.1, -0.05) is 67.1 Å². The second-order valence-corrected chi connectivity index (χ2v) is 9.05. The van der Waals surface area contributed by atoms with E-state index in [1.165, 1.54) is 19.3 Å². The number of fused-ring (bicyclic) bond motifs is 1. The first-order chi connectivity index (χ1) is 16.7. The minimum atomic E-state index is -0.126. The van der Waals surface area contributed by atoms with Gasteiger partial charge in [0.05, 0.1) is 11.4 Å². The maximum absolute atomic E-state index is 13.3. The first-order valence-corrected chi connectivity index (χ1v) is 12.2. The molecule has 6 heteroatoms. The molecule has 1 fully saturated rings. The minimum Gasteiger partial charge on any atom is -0.351 e. The van der Waals surface area contributed by atoms with E-state index in [2.05, 4.69) is 17.1 Å². The fraction of sp³-hybridized carbons (Fsp3) is 0.321. The zero-order chi connectivity index (χ0) is 23.3. The Morgan fingerprint density at radius 3 is 2.38 bits per heavy atom. The maximum atomic E-state index is 13.3. The Labute approximate surface area is 200 Å². The van der Waals surface area contributed by atoms with Gasteiger partial charge in [0.25, 0.3) is 5.91 Å². The number of likely N-dealkylation sites (tertiary alicyclic amines) is 1. The van der Waals surface area contributed by atoms with Crippen molar-refractivity contribution in [3.05, 3.63) is 78.5 Å². The van der Waals surface area contributed by atoms with Crippen LogP contribution in [0.3, 0.4) is 0 Å². The Balaban J connectivity index is 1.39. The van der Waals surface area contributed by atoms with Crippen LogP contribution in [0.1, 0.15) is 43.1 Å². The SMILES string of the molecule is C[C@H]1CCCCN1CCCNC(=O)c1cc(-c2ccccc2)nc2cc(-c3ccccc3)nn12. The smallest absolute Gasteiger partial charge is 0.270 e. The van der Waals surface area contributed by atoms with Gasteiger partial charge in [-0.25, -0.2) is 9.50 Å². The number of nitrogens with one attached hydrogen (secondary N) is 1. The van der Waals surface area contributed by atoms with E-state index < -0.39 is 0 Å². The van der Waals surface area contributed by atoms with Crippen LogP contribution in [0.5, 0.6) is 0 Å². The van der Waals surface area contributed by atoms with Gasteiger partial charge in [-0.05, 0) is 38.8 Å². The molecule has 5 rings (SSSR count). The average molecular weight is 454 g/mol. The van der Waals surface area contributed by atoms with Crippen LogP contribution in [0.15, 0.2) is 72.8 Å². The Morgan fingerprint density at radius 1 is 0.971 bits per heavy atom. The summed E-state index contributed by atoms with van der Waals surface area (Å²) in [5.41, 5.74) is 4.69. The number of carbonyl (C=O) groups is 1. The lowest BCUT2D eigenvalue weighted by molar-refractivity contribution is 0.0941. The molecule has 1 saturated heterocycles. The molecule has 6 nitrogen and oxygen atoms in total. The Morgan fingerprint density at radius 2 is 1.68 bits per heavy atom. The monoisotopic (exact) mass is 453 g/mol. The summed E-state index contributed by atoms with van der Waals surface area (Å²) in [7, 11) is 0. The van der Waals surface area contributed by atoms with E-state index in [4.69, 9.17) is 10.1 Å². The van der Waals surface area contributed by atoms with Gasteiger partial charge in [0.1, 0.15) is 5.69 Å².